The molecule has 1 aliphatic heterocycles. The predicted molar refractivity (Wildman–Crippen MR) is 48.3 cm³/mol. The number of benzene rings is 1. The number of rotatable bonds is 1. The Morgan fingerprint density at radius 2 is 2.17 bits per heavy atom. The first-order valence-corrected chi connectivity index (χ1v) is 4.03. The minimum Gasteiger partial charge on any atom is -0.390 e. The van der Waals surface area contributed by atoms with E-state index in [-0.39, 0.29) is 6.61 Å². The molecule has 2 rings (SSSR count). The zero-order valence-corrected chi connectivity index (χ0v) is 6.75. The minimum atomic E-state index is 0.0916. The van der Waals surface area contributed by atoms with E-state index in [1.54, 1.807) is 0 Å². The molecule has 62 valence electrons. The number of hydrogen-bond acceptors (Lipinski definition) is 2. The lowest BCUT2D eigenvalue weighted by Gasteiger charge is -2.16. The van der Waals surface area contributed by atoms with Crippen molar-refractivity contribution in [1.82, 2.24) is 5.32 Å². The Labute approximate surface area is 71.5 Å². The Balaban J connectivity index is 2.41. The maximum atomic E-state index is 8.89. The second kappa shape index (κ2) is 2.99. The molecule has 2 N–H and O–H groups in total. The zero-order chi connectivity index (χ0) is 8.39. The van der Waals surface area contributed by atoms with E-state index in [9.17, 15) is 0 Å². The van der Waals surface area contributed by atoms with Crippen molar-refractivity contribution in [3.63, 3.8) is 0 Å². The summed E-state index contributed by atoms with van der Waals surface area (Å²) in [6.45, 7) is 0.914. The van der Waals surface area contributed by atoms with Crippen LogP contribution in [0.4, 0.5) is 0 Å². The van der Waals surface area contributed by atoms with Crippen molar-refractivity contribution in [3.8, 4) is 0 Å². The van der Waals surface area contributed by atoms with E-state index in [0.717, 1.165) is 12.2 Å². The summed E-state index contributed by atoms with van der Waals surface area (Å²) in [5.74, 6) is 0. The van der Waals surface area contributed by atoms with Crippen molar-refractivity contribution in [2.45, 2.75) is 6.54 Å². The van der Waals surface area contributed by atoms with Crippen molar-refractivity contribution < 1.29 is 5.11 Å². The SMILES string of the molecule is OCC1=Cc2ccccc2CN1. The molecule has 0 amide bonds. The highest BCUT2D eigenvalue weighted by Gasteiger charge is 2.06. The van der Waals surface area contributed by atoms with Crippen LogP contribution in [0, 0.1) is 0 Å². The van der Waals surface area contributed by atoms with Gasteiger partial charge in [0.25, 0.3) is 0 Å². The smallest absolute Gasteiger partial charge is 0.0827 e. The van der Waals surface area contributed by atoms with Gasteiger partial charge in [-0.25, -0.2) is 0 Å². The monoisotopic (exact) mass is 161 g/mol. The molecule has 2 nitrogen and oxygen atoms in total. The van der Waals surface area contributed by atoms with Crippen LogP contribution in [-0.2, 0) is 6.54 Å². The van der Waals surface area contributed by atoms with Gasteiger partial charge in [0.1, 0.15) is 0 Å². The van der Waals surface area contributed by atoms with E-state index >= 15 is 0 Å². The van der Waals surface area contributed by atoms with Crippen LogP contribution in [0.1, 0.15) is 11.1 Å². The van der Waals surface area contributed by atoms with E-state index in [0.29, 0.717) is 0 Å². The van der Waals surface area contributed by atoms with E-state index in [2.05, 4.69) is 17.4 Å². The summed E-state index contributed by atoms with van der Waals surface area (Å²) in [5, 5.41) is 12.0. The van der Waals surface area contributed by atoms with Gasteiger partial charge in [-0.05, 0) is 17.2 Å². The maximum Gasteiger partial charge on any atom is 0.0827 e. The van der Waals surface area contributed by atoms with Crippen molar-refractivity contribution in [2.24, 2.45) is 0 Å². The largest absolute Gasteiger partial charge is 0.390 e. The molecule has 2 heteroatoms. The van der Waals surface area contributed by atoms with Crippen LogP contribution in [0.25, 0.3) is 6.08 Å². The summed E-state index contributed by atoms with van der Waals surface area (Å²) in [6, 6.07) is 8.19. The maximum absolute atomic E-state index is 8.89. The standard InChI is InChI=1S/C10H11NO/c12-7-10-5-8-3-1-2-4-9(8)6-11-10/h1-5,11-12H,6-7H2. The molecular weight excluding hydrogens is 150 g/mol. The second-order valence-corrected chi connectivity index (χ2v) is 2.88. The lowest BCUT2D eigenvalue weighted by Crippen LogP contribution is -2.19. The van der Waals surface area contributed by atoms with E-state index < -0.39 is 0 Å². The van der Waals surface area contributed by atoms with Gasteiger partial charge in [-0.3, -0.25) is 0 Å². The molecule has 0 spiro atoms. The molecule has 0 radical (unpaired) electrons. The van der Waals surface area contributed by atoms with Crippen LogP contribution in [0.15, 0.2) is 30.0 Å². The highest BCUT2D eigenvalue weighted by Crippen LogP contribution is 2.16. The average molecular weight is 161 g/mol. The van der Waals surface area contributed by atoms with Crippen LogP contribution in [0.2, 0.25) is 0 Å². The van der Waals surface area contributed by atoms with E-state index in [1.807, 2.05) is 18.2 Å². The first kappa shape index (κ1) is 7.37. The van der Waals surface area contributed by atoms with E-state index in [1.165, 1.54) is 11.1 Å². The van der Waals surface area contributed by atoms with Gasteiger partial charge in [0.2, 0.25) is 0 Å². The third-order valence-electron chi connectivity index (χ3n) is 2.06. The van der Waals surface area contributed by atoms with Gasteiger partial charge in [-0.15, -0.1) is 0 Å². The minimum absolute atomic E-state index is 0.0916. The fourth-order valence-electron chi connectivity index (χ4n) is 1.39. The normalized spacial score (nSPS) is 14.6. The van der Waals surface area contributed by atoms with Gasteiger partial charge >= 0.3 is 0 Å². The molecule has 0 unspecified atom stereocenters. The zero-order valence-electron chi connectivity index (χ0n) is 6.75. The third-order valence-corrected chi connectivity index (χ3v) is 2.06. The van der Waals surface area contributed by atoms with Crippen LogP contribution in [0.5, 0.6) is 0 Å². The quantitative estimate of drug-likeness (QED) is 0.647. The molecule has 0 fully saturated rings. The van der Waals surface area contributed by atoms with Crippen molar-refractivity contribution >= 4 is 6.08 Å². The van der Waals surface area contributed by atoms with Gasteiger partial charge in [-0.2, -0.15) is 0 Å². The second-order valence-electron chi connectivity index (χ2n) is 2.88. The van der Waals surface area contributed by atoms with Crippen LogP contribution in [-0.4, -0.2) is 11.7 Å². The van der Waals surface area contributed by atoms with Crippen molar-refractivity contribution in [3.05, 3.63) is 41.1 Å². The van der Waals surface area contributed by atoms with Crippen molar-refractivity contribution in [1.29, 1.82) is 0 Å². The predicted octanol–water partition coefficient (Wildman–Crippen LogP) is 1.12. The topological polar surface area (TPSA) is 32.3 Å². The Morgan fingerprint density at radius 1 is 1.33 bits per heavy atom. The Kier molecular flexibility index (Phi) is 1.84. The molecule has 1 heterocycles. The third kappa shape index (κ3) is 1.21. The molecule has 1 aromatic carbocycles. The highest BCUT2D eigenvalue weighted by atomic mass is 16.3. The summed E-state index contributed by atoms with van der Waals surface area (Å²) in [6.07, 6.45) is 1.98. The van der Waals surface area contributed by atoms with Gasteiger partial charge in [0.05, 0.1) is 6.61 Å². The molecule has 0 saturated carbocycles. The Bertz CT molecular complexity index is 317. The fourth-order valence-corrected chi connectivity index (χ4v) is 1.39. The molecule has 0 bridgehead atoms. The number of nitrogens with one attached hydrogen (secondary N) is 1. The first-order valence-electron chi connectivity index (χ1n) is 4.03. The van der Waals surface area contributed by atoms with Gasteiger partial charge in [0, 0.05) is 12.2 Å². The Morgan fingerprint density at radius 3 is 3.00 bits per heavy atom. The molecule has 0 aromatic heterocycles. The number of aliphatic hydroxyl groups is 1. The lowest BCUT2D eigenvalue weighted by atomic mass is 10.0. The van der Waals surface area contributed by atoms with Crippen LogP contribution >= 0.6 is 0 Å². The first-order chi connectivity index (χ1) is 5.90. The van der Waals surface area contributed by atoms with Crippen molar-refractivity contribution in [2.75, 3.05) is 6.61 Å². The summed E-state index contributed by atoms with van der Waals surface area (Å²) < 4.78 is 0. The lowest BCUT2D eigenvalue weighted by molar-refractivity contribution is 0.322. The van der Waals surface area contributed by atoms with Crippen LogP contribution in [0.3, 0.4) is 0 Å². The number of aliphatic hydroxyl groups excluding tert-OH is 1. The summed E-state index contributed by atoms with van der Waals surface area (Å²) in [5.41, 5.74) is 3.39. The Hall–Kier alpha value is -1.28. The molecule has 0 aliphatic carbocycles. The van der Waals surface area contributed by atoms with Gasteiger partial charge < -0.3 is 10.4 Å². The highest BCUT2D eigenvalue weighted by molar-refractivity contribution is 5.58. The summed E-state index contributed by atoms with van der Waals surface area (Å²) in [4.78, 5) is 0. The number of fused-ring (bicyclic) bond motifs is 1. The average Bonchev–Trinajstić information content (AvgIpc) is 2.17. The van der Waals surface area contributed by atoms with Gasteiger partial charge in [-0.1, -0.05) is 24.3 Å². The van der Waals surface area contributed by atoms with Crippen LogP contribution < -0.4 is 5.32 Å². The molecule has 12 heavy (non-hydrogen) atoms. The molecule has 0 saturated heterocycles. The molecule has 1 aromatic rings. The molecule has 0 atom stereocenters. The number of hydrogen-bond donors (Lipinski definition) is 2. The van der Waals surface area contributed by atoms with E-state index in [4.69, 9.17) is 5.11 Å². The summed E-state index contributed by atoms with van der Waals surface area (Å²) >= 11 is 0. The fraction of sp³-hybridized carbons (Fsp3) is 0.200. The molecular formula is C10H11NO. The van der Waals surface area contributed by atoms with Gasteiger partial charge in [0.15, 0.2) is 0 Å². The molecule has 1 aliphatic rings. The summed E-state index contributed by atoms with van der Waals surface area (Å²) in [7, 11) is 0.